The molecule has 1 saturated heterocycles. The molecular formula is C16H24N2. The molecule has 18 heavy (non-hydrogen) atoms. The van der Waals surface area contributed by atoms with Gasteiger partial charge in [0, 0.05) is 6.04 Å². The van der Waals surface area contributed by atoms with Crippen LogP contribution in [0.4, 0.5) is 0 Å². The van der Waals surface area contributed by atoms with E-state index in [0.717, 1.165) is 19.0 Å². The van der Waals surface area contributed by atoms with Crippen molar-refractivity contribution >= 4 is 0 Å². The molecule has 2 nitrogen and oxygen atoms in total. The molecule has 1 aliphatic heterocycles. The first kappa shape index (κ1) is 12.2. The fourth-order valence-electron chi connectivity index (χ4n) is 3.53. The summed E-state index contributed by atoms with van der Waals surface area (Å²) in [6.45, 7) is 5.44. The lowest BCUT2D eigenvalue weighted by Crippen LogP contribution is -2.28. The van der Waals surface area contributed by atoms with E-state index in [0.29, 0.717) is 12.0 Å². The Morgan fingerprint density at radius 3 is 2.50 bits per heavy atom. The smallest absolute Gasteiger partial charge is 0.0391 e. The van der Waals surface area contributed by atoms with Gasteiger partial charge in [0.1, 0.15) is 0 Å². The second kappa shape index (κ2) is 5.02. The Morgan fingerprint density at radius 2 is 1.89 bits per heavy atom. The van der Waals surface area contributed by atoms with Gasteiger partial charge >= 0.3 is 0 Å². The topological polar surface area (TPSA) is 29.3 Å². The molecule has 2 N–H and O–H groups in total. The molecule has 2 unspecified atom stereocenters. The van der Waals surface area contributed by atoms with Crippen LogP contribution in [0.3, 0.4) is 0 Å². The van der Waals surface area contributed by atoms with Crippen LogP contribution in [-0.2, 0) is 0 Å². The maximum Gasteiger partial charge on any atom is 0.0391 e. The molecule has 2 heteroatoms. The molecule has 0 aromatic heterocycles. The fraction of sp³-hybridized carbons (Fsp3) is 0.625. The molecule has 1 aromatic carbocycles. The van der Waals surface area contributed by atoms with Gasteiger partial charge in [0.05, 0.1) is 0 Å². The molecule has 2 aliphatic rings. The molecule has 1 heterocycles. The van der Waals surface area contributed by atoms with Crippen LogP contribution in [0, 0.1) is 5.92 Å². The van der Waals surface area contributed by atoms with Crippen LogP contribution >= 0.6 is 0 Å². The van der Waals surface area contributed by atoms with Crippen molar-refractivity contribution in [2.24, 2.45) is 11.7 Å². The van der Waals surface area contributed by atoms with Crippen LogP contribution in [0.5, 0.6) is 0 Å². The summed E-state index contributed by atoms with van der Waals surface area (Å²) in [5.74, 6) is 1.48. The molecule has 0 radical (unpaired) electrons. The minimum absolute atomic E-state index is 0.566. The Bertz CT molecular complexity index is 399. The highest BCUT2D eigenvalue weighted by Gasteiger charge is 2.36. The van der Waals surface area contributed by atoms with Crippen LogP contribution < -0.4 is 5.73 Å². The van der Waals surface area contributed by atoms with Crippen LogP contribution in [0.15, 0.2) is 24.3 Å². The third-order valence-electron chi connectivity index (χ3n) is 4.67. The van der Waals surface area contributed by atoms with Gasteiger partial charge < -0.3 is 5.73 Å². The first-order valence-corrected chi connectivity index (χ1v) is 7.38. The van der Waals surface area contributed by atoms with Gasteiger partial charge in [-0.05, 0) is 61.9 Å². The van der Waals surface area contributed by atoms with Crippen molar-refractivity contribution in [2.75, 3.05) is 19.6 Å². The van der Waals surface area contributed by atoms with Gasteiger partial charge in [0.15, 0.2) is 0 Å². The first-order valence-electron chi connectivity index (χ1n) is 7.38. The predicted molar refractivity (Wildman–Crippen MR) is 75.6 cm³/mol. The quantitative estimate of drug-likeness (QED) is 0.882. The Labute approximate surface area is 110 Å². The van der Waals surface area contributed by atoms with Gasteiger partial charge in [-0.2, -0.15) is 0 Å². The molecule has 1 saturated carbocycles. The van der Waals surface area contributed by atoms with Crippen molar-refractivity contribution < 1.29 is 0 Å². The summed E-state index contributed by atoms with van der Waals surface area (Å²) in [4.78, 5) is 2.61. The number of likely N-dealkylation sites (tertiary alicyclic amines) is 1. The van der Waals surface area contributed by atoms with Gasteiger partial charge in [0.25, 0.3) is 0 Å². The predicted octanol–water partition coefficient (Wildman–Crippen LogP) is 2.91. The number of benzene rings is 1. The molecule has 3 rings (SSSR count). The normalized spacial score (nSPS) is 28.8. The third-order valence-corrected chi connectivity index (χ3v) is 4.67. The molecule has 98 valence electrons. The molecule has 0 bridgehead atoms. The van der Waals surface area contributed by atoms with E-state index in [9.17, 15) is 0 Å². The molecule has 1 aromatic rings. The number of nitrogens with two attached hydrogens (primary N) is 1. The summed E-state index contributed by atoms with van der Waals surface area (Å²) in [6.07, 6.45) is 4.01. The standard InChI is InChI=1S/C16H24N2/c1-2-18-10-9-13(11-17)16(18)15-6-4-3-5-14(15)12-7-8-12/h3-6,12-13,16H,2,7-11,17H2,1H3. The van der Waals surface area contributed by atoms with E-state index >= 15 is 0 Å². The van der Waals surface area contributed by atoms with Crippen molar-refractivity contribution in [3.8, 4) is 0 Å². The summed E-state index contributed by atoms with van der Waals surface area (Å²) in [6, 6.07) is 9.64. The van der Waals surface area contributed by atoms with Crippen LogP contribution in [0.25, 0.3) is 0 Å². The van der Waals surface area contributed by atoms with Gasteiger partial charge in [-0.3, -0.25) is 4.90 Å². The summed E-state index contributed by atoms with van der Waals surface area (Å²) < 4.78 is 0. The Morgan fingerprint density at radius 1 is 1.17 bits per heavy atom. The lowest BCUT2D eigenvalue weighted by molar-refractivity contribution is 0.241. The van der Waals surface area contributed by atoms with E-state index in [1.165, 1.54) is 25.8 Å². The maximum atomic E-state index is 5.99. The summed E-state index contributed by atoms with van der Waals surface area (Å²) in [5.41, 5.74) is 9.16. The number of nitrogens with zero attached hydrogens (tertiary/aromatic N) is 1. The maximum absolute atomic E-state index is 5.99. The number of hydrogen-bond donors (Lipinski definition) is 1. The van der Waals surface area contributed by atoms with Gasteiger partial charge in [0.2, 0.25) is 0 Å². The summed E-state index contributed by atoms with van der Waals surface area (Å²) in [5, 5.41) is 0. The Kier molecular flexibility index (Phi) is 3.40. The fourth-order valence-corrected chi connectivity index (χ4v) is 3.53. The van der Waals surface area contributed by atoms with Gasteiger partial charge in [-0.1, -0.05) is 31.2 Å². The van der Waals surface area contributed by atoms with E-state index in [4.69, 9.17) is 5.73 Å². The van der Waals surface area contributed by atoms with E-state index in [1.807, 2.05) is 0 Å². The second-order valence-electron chi connectivity index (χ2n) is 5.76. The van der Waals surface area contributed by atoms with Crippen LogP contribution in [0.1, 0.15) is 49.3 Å². The Balaban J connectivity index is 1.96. The monoisotopic (exact) mass is 244 g/mol. The lowest BCUT2D eigenvalue weighted by Gasteiger charge is -2.29. The highest BCUT2D eigenvalue weighted by Crippen LogP contribution is 2.46. The average Bonchev–Trinajstić information content (AvgIpc) is 3.18. The van der Waals surface area contributed by atoms with Crippen molar-refractivity contribution in [3.05, 3.63) is 35.4 Å². The summed E-state index contributed by atoms with van der Waals surface area (Å²) >= 11 is 0. The van der Waals surface area contributed by atoms with Crippen molar-refractivity contribution in [1.82, 2.24) is 4.90 Å². The molecular weight excluding hydrogens is 220 g/mol. The zero-order valence-corrected chi connectivity index (χ0v) is 11.3. The van der Waals surface area contributed by atoms with Crippen molar-refractivity contribution in [3.63, 3.8) is 0 Å². The van der Waals surface area contributed by atoms with Gasteiger partial charge in [-0.25, -0.2) is 0 Å². The van der Waals surface area contributed by atoms with E-state index < -0.39 is 0 Å². The third kappa shape index (κ3) is 2.08. The molecule has 2 fully saturated rings. The second-order valence-corrected chi connectivity index (χ2v) is 5.76. The average molecular weight is 244 g/mol. The van der Waals surface area contributed by atoms with Crippen LogP contribution in [-0.4, -0.2) is 24.5 Å². The highest BCUT2D eigenvalue weighted by molar-refractivity contribution is 5.36. The van der Waals surface area contributed by atoms with E-state index in [-0.39, 0.29) is 0 Å². The molecule has 0 spiro atoms. The zero-order valence-electron chi connectivity index (χ0n) is 11.3. The van der Waals surface area contributed by atoms with Crippen LogP contribution in [0.2, 0.25) is 0 Å². The van der Waals surface area contributed by atoms with E-state index in [1.54, 1.807) is 11.1 Å². The van der Waals surface area contributed by atoms with Crippen molar-refractivity contribution in [2.45, 2.75) is 38.1 Å². The first-order chi connectivity index (χ1) is 8.85. The minimum Gasteiger partial charge on any atom is -0.330 e. The number of rotatable bonds is 4. The zero-order chi connectivity index (χ0) is 12.5. The number of hydrogen-bond acceptors (Lipinski definition) is 2. The van der Waals surface area contributed by atoms with Crippen molar-refractivity contribution in [1.29, 1.82) is 0 Å². The van der Waals surface area contributed by atoms with Gasteiger partial charge in [-0.15, -0.1) is 0 Å². The van der Waals surface area contributed by atoms with E-state index in [2.05, 4.69) is 36.1 Å². The summed E-state index contributed by atoms with van der Waals surface area (Å²) in [7, 11) is 0. The minimum atomic E-state index is 0.566. The molecule has 0 amide bonds. The highest BCUT2D eigenvalue weighted by atomic mass is 15.2. The SMILES string of the molecule is CCN1CCC(CN)C1c1ccccc1C1CC1. The molecule has 1 aliphatic carbocycles. The largest absolute Gasteiger partial charge is 0.330 e. The molecule has 2 atom stereocenters. The Hall–Kier alpha value is -0.860. The lowest BCUT2D eigenvalue weighted by atomic mass is 9.89.